The van der Waals surface area contributed by atoms with E-state index in [-0.39, 0.29) is 30.1 Å². The second kappa shape index (κ2) is 10.3. The molecule has 4 rings (SSSR count). The predicted octanol–water partition coefficient (Wildman–Crippen LogP) is 5.01. The number of halogens is 4. The average molecular weight is 555 g/mol. The van der Waals surface area contributed by atoms with Crippen LogP contribution in [0.2, 0.25) is 0 Å². The van der Waals surface area contributed by atoms with Crippen molar-refractivity contribution in [2.45, 2.75) is 41.0 Å². The molecule has 5 nitrogen and oxygen atoms in total. The first kappa shape index (κ1) is 27.4. The van der Waals surface area contributed by atoms with Crippen LogP contribution in [0.4, 0.5) is 23.2 Å². The Labute approximate surface area is 218 Å². The Balaban J connectivity index is 1.65. The monoisotopic (exact) mass is 554 g/mol. The number of hydrogen-bond acceptors (Lipinski definition) is 5. The van der Waals surface area contributed by atoms with Gasteiger partial charge < -0.3 is 10.0 Å². The number of hydrogen-bond donors (Lipinski definition) is 2. The lowest BCUT2D eigenvalue weighted by molar-refractivity contribution is -0.258. The number of rotatable bonds is 6. The zero-order chi connectivity index (χ0) is 27.0. The lowest BCUT2D eigenvalue weighted by atomic mass is 9.94. The van der Waals surface area contributed by atoms with Crippen molar-refractivity contribution < 1.29 is 31.1 Å². The van der Waals surface area contributed by atoms with Gasteiger partial charge in [-0.1, -0.05) is 36.4 Å². The normalized spacial score (nSPS) is 19.0. The summed E-state index contributed by atoms with van der Waals surface area (Å²) < 4.78 is 81.5. The minimum atomic E-state index is -4.84. The molecule has 2 atom stereocenters. The largest absolute Gasteiger partial charge is 0.421 e. The van der Waals surface area contributed by atoms with Gasteiger partial charge in [0.05, 0.1) is 4.90 Å². The number of thiol groups is 1. The molecule has 3 aromatic carbocycles. The molecule has 198 valence electrons. The van der Waals surface area contributed by atoms with Crippen LogP contribution < -0.4 is 4.90 Å². The Bertz CT molecular complexity index is 1350. The molecule has 0 aromatic heterocycles. The molecule has 37 heavy (non-hydrogen) atoms. The van der Waals surface area contributed by atoms with Crippen LogP contribution in [0.25, 0.3) is 0 Å². The van der Waals surface area contributed by atoms with Gasteiger partial charge in [0.25, 0.3) is 0 Å². The minimum absolute atomic E-state index is 0.0889. The third kappa shape index (κ3) is 5.64. The summed E-state index contributed by atoms with van der Waals surface area (Å²) in [5.41, 5.74) is -1.95. The van der Waals surface area contributed by atoms with Crippen molar-refractivity contribution in [1.29, 1.82) is 0 Å². The average Bonchev–Trinajstić information content (AvgIpc) is 2.85. The van der Waals surface area contributed by atoms with Crippen molar-refractivity contribution in [1.82, 2.24) is 4.31 Å². The SMILES string of the molecule is C[C@](O)(c1ccc(N2CCN(S(=O)(=O)c3ccccc3S)C[C@@H]2Cc2ccc(F)cc2)cc1)C(F)(F)F. The van der Waals surface area contributed by atoms with Crippen LogP contribution >= 0.6 is 12.6 Å². The van der Waals surface area contributed by atoms with Gasteiger partial charge in [-0.3, -0.25) is 0 Å². The molecule has 1 aliphatic heterocycles. The van der Waals surface area contributed by atoms with Gasteiger partial charge in [0.15, 0.2) is 5.60 Å². The van der Waals surface area contributed by atoms with E-state index in [0.29, 0.717) is 23.9 Å². The fourth-order valence-electron chi connectivity index (χ4n) is 4.41. The highest BCUT2D eigenvalue weighted by atomic mass is 32.2. The van der Waals surface area contributed by atoms with Gasteiger partial charge in [-0.05, 0) is 60.9 Å². The molecule has 11 heteroatoms. The molecule has 0 spiro atoms. The summed E-state index contributed by atoms with van der Waals surface area (Å²) in [5.74, 6) is -0.397. The van der Waals surface area contributed by atoms with E-state index in [1.807, 2.05) is 4.90 Å². The molecule has 1 N–H and O–H groups in total. The van der Waals surface area contributed by atoms with E-state index in [1.165, 1.54) is 46.8 Å². The number of alkyl halides is 3. The molecule has 1 saturated heterocycles. The summed E-state index contributed by atoms with van der Waals surface area (Å²) in [6, 6.07) is 17.3. The van der Waals surface area contributed by atoms with Crippen LogP contribution in [0.1, 0.15) is 18.1 Å². The van der Waals surface area contributed by atoms with Crippen LogP contribution in [0, 0.1) is 5.82 Å². The first-order chi connectivity index (χ1) is 17.3. The third-order valence-corrected chi connectivity index (χ3v) is 9.09. The van der Waals surface area contributed by atoms with E-state index < -0.39 is 33.7 Å². The maximum absolute atomic E-state index is 13.5. The second-order valence-electron chi connectivity index (χ2n) is 9.13. The Morgan fingerprint density at radius 1 is 0.973 bits per heavy atom. The molecular weight excluding hydrogens is 528 g/mol. The summed E-state index contributed by atoms with van der Waals surface area (Å²) >= 11 is 4.30. The lowest BCUT2D eigenvalue weighted by Crippen LogP contribution is -2.55. The summed E-state index contributed by atoms with van der Waals surface area (Å²) in [7, 11) is -3.86. The molecule has 0 aliphatic carbocycles. The fraction of sp³-hybridized carbons (Fsp3) is 0.308. The molecular formula is C26H26F4N2O3S2. The van der Waals surface area contributed by atoms with Crippen LogP contribution in [0.3, 0.4) is 0 Å². The molecule has 1 fully saturated rings. The number of nitrogens with zero attached hydrogens (tertiary/aromatic N) is 2. The first-order valence-corrected chi connectivity index (χ1v) is 13.4. The highest BCUT2D eigenvalue weighted by Gasteiger charge is 2.51. The van der Waals surface area contributed by atoms with Gasteiger partial charge in [-0.15, -0.1) is 12.6 Å². The van der Waals surface area contributed by atoms with E-state index in [2.05, 4.69) is 12.6 Å². The lowest BCUT2D eigenvalue weighted by Gasteiger charge is -2.42. The molecule has 0 unspecified atom stereocenters. The van der Waals surface area contributed by atoms with Gasteiger partial charge in [-0.2, -0.15) is 17.5 Å². The topological polar surface area (TPSA) is 60.9 Å². The van der Waals surface area contributed by atoms with Crippen molar-refractivity contribution >= 4 is 28.3 Å². The zero-order valence-electron chi connectivity index (χ0n) is 19.9. The van der Waals surface area contributed by atoms with E-state index in [0.717, 1.165) is 5.56 Å². The summed E-state index contributed by atoms with van der Waals surface area (Å²) in [4.78, 5) is 2.34. The Morgan fingerprint density at radius 3 is 2.19 bits per heavy atom. The maximum Gasteiger partial charge on any atom is 0.421 e. The van der Waals surface area contributed by atoms with Crippen molar-refractivity contribution in [2.75, 3.05) is 24.5 Å². The summed E-state index contributed by atoms with van der Waals surface area (Å²) in [5, 5.41) is 10.00. The summed E-state index contributed by atoms with van der Waals surface area (Å²) in [6.07, 6.45) is -4.47. The van der Waals surface area contributed by atoms with Gasteiger partial charge >= 0.3 is 6.18 Å². The highest BCUT2D eigenvalue weighted by Crippen LogP contribution is 2.39. The van der Waals surface area contributed by atoms with Crippen molar-refractivity contribution in [3.8, 4) is 0 Å². The van der Waals surface area contributed by atoms with Gasteiger partial charge in [0.1, 0.15) is 5.82 Å². The van der Waals surface area contributed by atoms with Crippen LogP contribution in [0.15, 0.2) is 82.6 Å². The van der Waals surface area contributed by atoms with E-state index in [1.54, 1.807) is 30.3 Å². The smallest absolute Gasteiger partial charge is 0.376 e. The van der Waals surface area contributed by atoms with Crippen LogP contribution in [-0.2, 0) is 22.0 Å². The van der Waals surface area contributed by atoms with E-state index >= 15 is 0 Å². The quantitative estimate of drug-likeness (QED) is 0.333. The Kier molecular flexibility index (Phi) is 7.62. The molecule has 1 aliphatic rings. The highest BCUT2D eigenvalue weighted by molar-refractivity contribution is 7.90. The van der Waals surface area contributed by atoms with Gasteiger partial charge in [0, 0.05) is 36.3 Å². The molecule has 0 saturated carbocycles. The minimum Gasteiger partial charge on any atom is -0.376 e. The first-order valence-electron chi connectivity index (χ1n) is 11.5. The molecule has 0 amide bonds. The Hall–Kier alpha value is -2.60. The number of benzene rings is 3. The predicted molar refractivity (Wildman–Crippen MR) is 136 cm³/mol. The van der Waals surface area contributed by atoms with Crippen LogP contribution in [0.5, 0.6) is 0 Å². The maximum atomic E-state index is 13.5. The van der Waals surface area contributed by atoms with Crippen molar-refractivity contribution in [2.24, 2.45) is 0 Å². The molecule has 1 heterocycles. The number of sulfonamides is 1. The van der Waals surface area contributed by atoms with E-state index in [9.17, 15) is 31.1 Å². The number of piperazine rings is 1. The molecule has 3 aromatic rings. The third-order valence-electron chi connectivity index (χ3n) is 6.63. The van der Waals surface area contributed by atoms with Gasteiger partial charge in [0.2, 0.25) is 10.0 Å². The fourth-order valence-corrected chi connectivity index (χ4v) is 6.47. The molecule has 0 bridgehead atoms. The van der Waals surface area contributed by atoms with E-state index in [4.69, 9.17) is 0 Å². The number of aliphatic hydroxyl groups is 1. The summed E-state index contributed by atoms with van der Waals surface area (Å²) in [6.45, 7) is 1.22. The standard InChI is InChI=1S/C26H26F4N2O3S2/c1-25(33,26(28,29)30)19-8-12-21(13-9-19)32-15-14-31(37(34,35)24-5-3-2-4-23(24)36)17-22(32)16-18-6-10-20(27)11-7-18/h2-13,22,33,36H,14-17H2,1H3/t22-,25-/m0/s1. The van der Waals surface area contributed by atoms with Crippen molar-refractivity contribution in [3.05, 3.63) is 89.7 Å². The van der Waals surface area contributed by atoms with Crippen molar-refractivity contribution in [3.63, 3.8) is 0 Å². The zero-order valence-corrected chi connectivity index (χ0v) is 21.6. The number of anilines is 1. The van der Waals surface area contributed by atoms with Crippen LogP contribution in [-0.4, -0.2) is 49.7 Å². The molecule has 0 radical (unpaired) electrons. The van der Waals surface area contributed by atoms with Gasteiger partial charge in [-0.25, -0.2) is 12.8 Å². The Morgan fingerprint density at radius 2 is 1.59 bits per heavy atom. The second-order valence-corrected chi connectivity index (χ2v) is 11.5.